The Bertz CT molecular complexity index is 688. The van der Waals surface area contributed by atoms with Gasteiger partial charge in [-0.2, -0.15) is 0 Å². The van der Waals surface area contributed by atoms with Gasteiger partial charge in [-0.25, -0.2) is 12.7 Å². The fourth-order valence-electron chi connectivity index (χ4n) is 3.30. The van der Waals surface area contributed by atoms with Crippen LogP contribution in [0.3, 0.4) is 0 Å². The van der Waals surface area contributed by atoms with Crippen molar-refractivity contribution in [2.24, 2.45) is 0 Å². The van der Waals surface area contributed by atoms with Crippen LogP contribution in [0.25, 0.3) is 0 Å². The molecule has 1 aromatic carbocycles. The van der Waals surface area contributed by atoms with Crippen LogP contribution in [0.5, 0.6) is 5.75 Å². The summed E-state index contributed by atoms with van der Waals surface area (Å²) in [6, 6.07) is 7.84. The minimum atomic E-state index is -3.17. The zero-order chi connectivity index (χ0) is 19.2. The third-order valence-electron chi connectivity index (χ3n) is 4.88. The number of aliphatic carboxylic acids is 1. The average molecular weight is 421 g/mol. The van der Waals surface area contributed by atoms with Gasteiger partial charge in [0, 0.05) is 25.7 Å². The largest absolute Gasteiger partial charge is 0.497 e. The summed E-state index contributed by atoms with van der Waals surface area (Å²) in [5.74, 6) is 0.0394. The predicted molar refractivity (Wildman–Crippen MR) is 107 cm³/mol. The number of nitrogens with zero attached hydrogens (tertiary/aromatic N) is 2. The molecular formula is C18H29ClN2O5S. The van der Waals surface area contributed by atoms with Crippen LogP contribution in [-0.2, 0) is 21.2 Å². The second kappa shape index (κ2) is 10.8. The number of ether oxygens (including phenoxy) is 1. The second-order valence-electron chi connectivity index (χ2n) is 6.49. The molecule has 1 saturated heterocycles. The first-order chi connectivity index (χ1) is 12.4. The predicted octanol–water partition coefficient (Wildman–Crippen LogP) is 1.86. The highest BCUT2D eigenvalue weighted by Crippen LogP contribution is 2.20. The molecular weight excluding hydrogens is 392 g/mol. The minimum absolute atomic E-state index is 0. The fourth-order valence-corrected chi connectivity index (χ4v) is 4.43. The molecule has 1 aromatic rings. The molecule has 2 rings (SSSR count). The molecule has 0 atom stereocenters. The molecule has 1 aliphatic heterocycles. The molecule has 7 nitrogen and oxygen atoms in total. The highest BCUT2D eigenvalue weighted by Gasteiger charge is 2.30. The third-order valence-corrected chi connectivity index (χ3v) is 6.76. The fraction of sp³-hybridized carbons (Fsp3) is 0.611. The number of benzene rings is 1. The van der Waals surface area contributed by atoms with Gasteiger partial charge in [0.1, 0.15) is 5.75 Å². The first-order valence-electron chi connectivity index (χ1n) is 8.92. The summed E-state index contributed by atoms with van der Waals surface area (Å²) in [6.45, 7) is 3.16. The van der Waals surface area contributed by atoms with Crippen molar-refractivity contribution in [1.82, 2.24) is 9.21 Å². The van der Waals surface area contributed by atoms with Crippen molar-refractivity contribution in [2.45, 2.75) is 32.2 Å². The number of carbonyl (C=O) groups is 1. The van der Waals surface area contributed by atoms with Crippen molar-refractivity contribution in [1.29, 1.82) is 0 Å². The van der Waals surface area contributed by atoms with Crippen LogP contribution in [0.15, 0.2) is 24.3 Å². The first kappa shape index (κ1) is 23.7. The van der Waals surface area contributed by atoms with E-state index in [0.29, 0.717) is 32.5 Å². The number of piperidine rings is 1. The Morgan fingerprint density at radius 1 is 1.26 bits per heavy atom. The van der Waals surface area contributed by atoms with Crippen molar-refractivity contribution >= 4 is 28.4 Å². The second-order valence-corrected chi connectivity index (χ2v) is 8.75. The SMILES string of the molecule is CCS(=O)(=O)N1CCC(N(CCc2ccc(OC)cc2)CC(=O)O)CC1.Cl. The van der Waals surface area contributed by atoms with E-state index in [2.05, 4.69) is 0 Å². The molecule has 1 fully saturated rings. The molecule has 0 saturated carbocycles. The Morgan fingerprint density at radius 3 is 2.33 bits per heavy atom. The lowest BCUT2D eigenvalue weighted by Gasteiger charge is -2.37. The molecule has 27 heavy (non-hydrogen) atoms. The highest BCUT2D eigenvalue weighted by atomic mass is 35.5. The monoisotopic (exact) mass is 420 g/mol. The van der Waals surface area contributed by atoms with E-state index in [0.717, 1.165) is 17.7 Å². The summed E-state index contributed by atoms with van der Waals surface area (Å²) in [6.07, 6.45) is 2.06. The standard InChI is InChI=1S/C18H28N2O5S.ClH/c1-3-26(23,24)20-12-9-16(10-13-20)19(14-18(21)22)11-8-15-4-6-17(25-2)7-5-15;/h4-7,16H,3,8-14H2,1-2H3,(H,21,22);1H. The average Bonchev–Trinajstić information content (AvgIpc) is 2.65. The Morgan fingerprint density at radius 2 is 1.85 bits per heavy atom. The van der Waals surface area contributed by atoms with E-state index < -0.39 is 16.0 Å². The topological polar surface area (TPSA) is 87.2 Å². The van der Waals surface area contributed by atoms with Crippen LogP contribution in [0.1, 0.15) is 25.3 Å². The lowest BCUT2D eigenvalue weighted by atomic mass is 10.0. The summed E-state index contributed by atoms with van der Waals surface area (Å²) in [7, 11) is -1.55. The van der Waals surface area contributed by atoms with Crippen molar-refractivity contribution < 1.29 is 23.1 Å². The minimum Gasteiger partial charge on any atom is -0.497 e. The van der Waals surface area contributed by atoms with Gasteiger partial charge in [-0.1, -0.05) is 12.1 Å². The molecule has 1 N–H and O–H groups in total. The van der Waals surface area contributed by atoms with Gasteiger partial charge in [0.25, 0.3) is 0 Å². The van der Waals surface area contributed by atoms with Gasteiger partial charge in [0.15, 0.2) is 0 Å². The van der Waals surface area contributed by atoms with Crippen molar-refractivity contribution in [3.8, 4) is 5.75 Å². The van der Waals surface area contributed by atoms with E-state index in [1.807, 2.05) is 29.2 Å². The van der Waals surface area contributed by atoms with Crippen LogP contribution < -0.4 is 4.74 Å². The number of carboxylic acid groups (broad SMARTS) is 1. The normalized spacial score (nSPS) is 16.1. The highest BCUT2D eigenvalue weighted by molar-refractivity contribution is 7.89. The number of rotatable bonds is 9. The van der Waals surface area contributed by atoms with Crippen LogP contribution in [0.2, 0.25) is 0 Å². The molecule has 1 heterocycles. The van der Waals surface area contributed by atoms with Gasteiger partial charge >= 0.3 is 5.97 Å². The molecule has 9 heteroatoms. The molecule has 0 spiro atoms. The zero-order valence-electron chi connectivity index (χ0n) is 15.8. The van der Waals surface area contributed by atoms with Crippen molar-refractivity contribution in [2.75, 3.05) is 39.0 Å². The Labute approximate surface area is 167 Å². The van der Waals surface area contributed by atoms with Gasteiger partial charge < -0.3 is 9.84 Å². The van der Waals surface area contributed by atoms with E-state index in [1.54, 1.807) is 14.0 Å². The molecule has 0 unspecified atom stereocenters. The van der Waals surface area contributed by atoms with E-state index >= 15 is 0 Å². The number of sulfonamides is 1. The summed E-state index contributed by atoms with van der Waals surface area (Å²) >= 11 is 0. The van der Waals surface area contributed by atoms with Crippen LogP contribution in [-0.4, -0.2) is 73.8 Å². The third kappa shape index (κ3) is 6.95. The van der Waals surface area contributed by atoms with E-state index in [1.165, 1.54) is 4.31 Å². The maximum Gasteiger partial charge on any atom is 0.317 e. The quantitative estimate of drug-likeness (QED) is 0.656. The smallest absolute Gasteiger partial charge is 0.317 e. The molecule has 154 valence electrons. The Kier molecular flexibility index (Phi) is 9.52. The molecule has 0 amide bonds. The molecule has 0 aromatic heterocycles. The summed E-state index contributed by atoms with van der Waals surface area (Å²) in [4.78, 5) is 13.2. The van der Waals surface area contributed by atoms with Gasteiger partial charge in [-0.3, -0.25) is 9.69 Å². The molecule has 0 radical (unpaired) electrons. The van der Waals surface area contributed by atoms with E-state index in [4.69, 9.17) is 4.74 Å². The summed E-state index contributed by atoms with van der Waals surface area (Å²) in [5.41, 5.74) is 1.12. The van der Waals surface area contributed by atoms with Gasteiger partial charge in [-0.15, -0.1) is 12.4 Å². The Hall–Kier alpha value is -1.35. The number of hydrogen-bond donors (Lipinski definition) is 1. The molecule has 1 aliphatic rings. The molecule has 0 bridgehead atoms. The van der Waals surface area contributed by atoms with E-state index in [9.17, 15) is 18.3 Å². The first-order valence-corrected chi connectivity index (χ1v) is 10.5. The van der Waals surface area contributed by atoms with Crippen LogP contribution in [0, 0.1) is 0 Å². The van der Waals surface area contributed by atoms with E-state index in [-0.39, 0.29) is 30.7 Å². The number of hydrogen-bond acceptors (Lipinski definition) is 5. The van der Waals surface area contributed by atoms with Gasteiger partial charge in [0.2, 0.25) is 10.0 Å². The lowest BCUT2D eigenvalue weighted by molar-refractivity contribution is -0.139. The summed E-state index contributed by atoms with van der Waals surface area (Å²) < 4.78 is 30.6. The number of halogens is 1. The van der Waals surface area contributed by atoms with Crippen molar-refractivity contribution in [3.05, 3.63) is 29.8 Å². The zero-order valence-corrected chi connectivity index (χ0v) is 17.5. The number of methoxy groups -OCH3 is 1. The van der Waals surface area contributed by atoms with Gasteiger partial charge in [0.05, 0.1) is 19.4 Å². The van der Waals surface area contributed by atoms with Crippen LogP contribution in [0.4, 0.5) is 0 Å². The lowest BCUT2D eigenvalue weighted by Crippen LogP contribution is -2.48. The molecule has 0 aliphatic carbocycles. The summed E-state index contributed by atoms with van der Waals surface area (Å²) in [5, 5.41) is 9.23. The van der Waals surface area contributed by atoms with Crippen LogP contribution >= 0.6 is 12.4 Å². The van der Waals surface area contributed by atoms with Crippen molar-refractivity contribution in [3.63, 3.8) is 0 Å². The maximum atomic E-state index is 12.0. The van der Waals surface area contributed by atoms with Gasteiger partial charge in [-0.05, 0) is 43.9 Å². The Balaban J connectivity index is 0.00000364. The maximum absolute atomic E-state index is 12.0. The number of carboxylic acids is 1.